The van der Waals surface area contributed by atoms with E-state index in [2.05, 4.69) is 30.0 Å². The minimum atomic E-state index is -0.676. The molecule has 0 amide bonds. The highest BCUT2D eigenvalue weighted by Gasteiger charge is 2.27. The number of carbonyl (C=O) groups is 1. The van der Waals surface area contributed by atoms with Crippen LogP contribution in [-0.2, 0) is 11.2 Å². The molecule has 1 heterocycles. The van der Waals surface area contributed by atoms with Gasteiger partial charge in [-0.15, -0.1) is 0 Å². The summed E-state index contributed by atoms with van der Waals surface area (Å²) < 4.78 is 0. The number of aliphatic carboxylic acids is 1. The molecule has 1 atom stereocenters. The van der Waals surface area contributed by atoms with Crippen LogP contribution in [0.5, 0.6) is 0 Å². The van der Waals surface area contributed by atoms with Crippen molar-refractivity contribution in [2.45, 2.75) is 38.6 Å². The lowest BCUT2D eigenvalue weighted by Crippen LogP contribution is -2.39. The van der Waals surface area contributed by atoms with Crippen molar-refractivity contribution in [3.63, 3.8) is 0 Å². The van der Waals surface area contributed by atoms with Gasteiger partial charge in [0.05, 0.1) is 0 Å². The average Bonchev–Trinajstić information content (AvgIpc) is 2.82. The van der Waals surface area contributed by atoms with Gasteiger partial charge in [-0.05, 0) is 51.3 Å². The first-order chi connectivity index (χ1) is 8.66. The molecule has 3 heteroatoms. The van der Waals surface area contributed by atoms with Gasteiger partial charge in [-0.1, -0.05) is 29.8 Å². The first-order valence-corrected chi connectivity index (χ1v) is 6.69. The smallest absolute Gasteiger partial charge is 0.320 e. The van der Waals surface area contributed by atoms with Gasteiger partial charge in [-0.2, -0.15) is 0 Å². The molecule has 1 aliphatic heterocycles. The highest BCUT2D eigenvalue weighted by atomic mass is 16.4. The molecule has 2 rings (SSSR count). The lowest BCUT2D eigenvalue weighted by molar-refractivity contribution is -0.143. The van der Waals surface area contributed by atoms with Crippen molar-refractivity contribution in [2.75, 3.05) is 13.1 Å². The molecule has 1 aromatic carbocycles. The topological polar surface area (TPSA) is 40.5 Å². The van der Waals surface area contributed by atoms with Crippen molar-refractivity contribution >= 4 is 5.97 Å². The van der Waals surface area contributed by atoms with Crippen molar-refractivity contribution in [1.29, 1.82) is 0 Å². The first-order valence-electron chi connectivity index (χ1n) is 6.69. The van der Waals surface area contributed by atoms with Crippen LogP contribution in [0.15, 0.2) is 24.3 Å². The SMILES string of the molecule is Cc1cccc(CCC(C(=O)O)N2CCCC2)c1. The zero-order valence-electron chi connectivity index (χ0n) is 10.9. The zero-order chi connectivity index (χ0) is 13.0. The van der Waals surface area contributed by atoms with Crippen LogP contribution >= 0.6 is 0 Å². The number of aryl methyl sites for hydroxylation is 2. The van der Waals surface area contributed by atoms with Crippen molar-refractivity contribution in [3.05, 3.63) is 35.4 Å². The molecule has 1 fully saturated rings. The van der Waals surface area contributed by atoms with Crippen LogP contribution in [0.25, 0.3) is 0 Å². The van der Waals surface area contributed by atoms with Gasteiger partial charge in [0.2, 0.25) is 0 Å². The van der Waals surface area contributed by atoms with Gasteiger partial charge in [-0.25, -0.2) is 0 Å². The predicted molar refractivity (Wildman–Crippen MR) is 71.7 cm³/mol. The summed E-state index contributed by atoms with van der Waals surface area (Å²) in [5.41, 5.74) is 2.47. The summed E-state index contributed by atoms with van der Waals surface area (Å²) in [6, 6.07) is 8.02. The first kappa shape index (κ1) is 13.1. The van der Waals surface area contributed by atoms with E-state index in [-0.39, 0.29) is 6.04 Å². The number of rotatable bonds is 5. The van der Waals surface area contributed by atoms with Gasteiger partial charge in [0.1, 0.15) is 6.04 Å². The third-order valence-corrected chi connectivity index (χ3v) is 3.66. The normalized spacial score (nSPS) is 17.8. The number of hydrogen-bond acceptors (Lipinski definition) is 2. The Morgan fingerprint density at radius 1 is 1.39 bits per heavy atom. The molecule has 0 aliphatic carbocycles. The fraction of sp³-hybridized carbons (Fsp3) is 0.533. The molecule has 1 saturated heterocycles. The molecule has 3 nitrogen and oxygen atoms in total. The van der Waals surface area contributed by atoms with Crippen LogP contribution in [0.3, 0.4) is 0 Å². The lowest BCUT2D eigenvalue weighted by atomic mass is 10.0. The second-order valence-corrected chi connectivity index (χ2v) is 5.12. The summed E-state index contributed by atoms with van der Waals surface area (Å²) in [4.78, 5) is 13.4. The van der Waals surface area contributed by atoms with Crippen LogP contribution in [0.1, 0.15) is 30.4 Å². The molecular formula is C15H21NO2. The van der Waals surface area contributed by atoms with Gasteiger partial charge in [-0.3, -0.25) is 9.69 Å². The van der Waals surface area contributed by atoms with Crippen molar-refractivity contribution < 1.29 is 9.90 Å². The largest absolute Gasteiger partial charge is 0.480 e. The van der Waals surface area contributed by atoms with Crippen molar-refractivity contribution in [1.82, 2.24) is 4.90 Å². The van der Waals surface area contributed by atoms with Crippen LogP contribution in [-0.4, -0.2) is 35.1 Å². The van der Waals surface area contributed by atoms with E-state index in [1.165, 1.54) is 11.1 Å². The summed E-state index contributed by atoms with van der Waals surface area (Å²) in [7, 11) is 0. The maximum Gasteiger partial charge on any atom is 0.320 e. The van der Waals surface area contributed by atoms with E-state index in [1.54, 1.807) is 0 Å². The fourth-order valence-electron chi connectivity index (χ4n) is 2.69. The molecule has 0 spiro atoms. The highest BCUT2D eigenvalue weighted by molar-refractivity contribution is 5.73. The number of hydrogen-bond donors (Lipinski definition) is 1. The third-order valence-electron chi connectivity index (χ3n) is 3.66. The molecule has 0 saturated carbocycles. The minimum Gasteiger partial charge on any atom is -0.480 e. The predicted octanol–water partition coefficient (Wildman–Crippen LogP) is 2.48. The van der Waals surface area contributed by atoms with Gasteiger partial charge in [0, 0.05) is 0 Å². The van der Waals surface area contributed by atoms with E-state index in [0.29, 0.717) is 6.42 Å². The third kappa shape index (κ3) is 3.33. The Bertz CT molecular complexity index is 411. The van der Waals surface area contributed by atoms with Gasteiger partial charge in [0.25, 0.3) is 0 Å². The molecule has 18 heavy (non-hydrogen) atoms. The number of nitrogens with zero attached hydrogens (tertiary/aromatic N) is 1. The van der Waals surface area contributed by atoms with Crippen molar-refractivity contribution in [2.24, 2.45) is 0 Å². The summed E-state index contributed by atoms with van der Waals surface area (Å²) in [6.45, 7) is 3.94. The Balaban J connectivity index is 1.95. The van der Waals surface area contributed by atoms with Gasteiger partial charge < -0.3 is 5.11 Å². The molecule has 0 radical (unpaired) electrons. The van der Waals surface area contributed by atoms with E-state index in [1.807, 2.05) is 6.07 Å². The Labute approximate surface area is 108 Å². The van der Waals surface area contributed by atoms with E-state index in [4.69, 9.17) is 0 Å². The summed E-state index contributed by atoms with van der Waals surface area (Å²) in [6.07, 6.45) is 3.82. The second-order valence-electron chi connectivity index (χ2n) is 5.12. The van der Waals surface area contributed by atoms with E-state index < -0.39 is 5.97 Å². The average molecular weight is 247 g/mol. The minimum absolute atomic E-state index is 0.312. The maximum atomic E-state index is 11.3. The Kier molecular flexibility index (Phi) is 4.37. The highest BCUT2D eigenvalue weighted by Crippen LogP contribution is 2.17. The zero-order valence-corrected chi connectivity index (χ0v) is 10.9. The number of benzene rings is 1. The summed E-state index contributed by atoms with van der Waals surface area (Å²) in [5.74, 6) is -0.676. The standard InChI is InChI=1S/C15H21NO2/c1-12-5-4-6-13(11-12)7-8-14(15(17)18)16-9-2-3-10-16/h4-6,11,14H,2-3,7-10H2,1H3,(H,17,18). The van der Waals surface area contributed by atoms with E-state index in [0.717, 1.165) is 32.4 Å². The van der Waals surface area contributed by atoms with Crippen LogP contribution in [0.4, 0.5) is 0 Å². The molecular weight excluding hydrogens is 226 g/mol. The second kappa shape index (κ2) is 6.01. The Morgan fingerprint density at radius 3 is 2.72 bits per heavy atom. The van der Waals surface area contributed by atoms with Crippen LogP contribution in [0, 0.1) is 6.92 Å². The molecule has 1 aromatic rings. The molecule has 1 N–H and O–H groups in total. The summed E-state index contributed by atoms with van der Waals surface area (Å²) in [5, 5.41) is 9.32. The van der Waals surface area contributed by atoms with E-state index in [9.17, 15) is 9.90 Å². The van der Waals surface area contributed by atoms with E-state index >= 15 is 0 Å². The lowest BCUT2D eigenvalue weighted by Gasteiger charge is -2.23. The number of likely N-dealkylation sites (tertiary alicyclic amines) is 1. The summed E-state index contributed by atoms with van der Waals surface area (Å²) >= 11 is 0. The number of carboxylic acid groups (broad SMARTS) is 1. The van der Waals surface area contributed by atoms with Gasteiger partial charge in [0.15, 0.2) is 0 Å². The van der Waals surface area contributed by atoms with Crippen LogP contribution in [0.2, 0.25) is 0 Å². The Hall–Kier alpha value is -1.35. The maximum absolute atomic E-state index is 11.3. The number of carboxylic acids is 1. The molecule has 1 unspecified atom stereocenters. The molecule has 0 aromatic heterocycles. The molecule has 0 bridgehead atoms. The quantitative estimate of drug-likeness (QED) is 0.869. The Morgan fingerprint density at radius 2 is 2.11 bits per heavy atom. The molecule has 1 aliphatic rings. The fourth-order valence-corrected chi connectivity index (χ4v) is 2.69. The monoisotopic (exact) mass is 247 g/mol. The van der Waals surface area contributed by atoms with Crippen molar-refractivity contribution in [3.8, 4) is 0 Å². The molecule has 98 valence electrons. The van der Waals surface area contributed by atoms with Crippen LogP contribution < -0.4 is 0 Å². The van der Waals surface area contributed by atoms with Gasteiger partial charge >= 0.3 is 5.97 Å².